The van der Waals surface area contributed by atoms with Crippen molar-refractivity contribution in [2.45, 2.75) is 77.6 Å². The van der Waals surface area contributed by atoms with E-state index in [2.05, 4.69) is 12.2 Å². The summed E-state index contributed by atoms with van der Waals surface area (Å²) in [6.45, 7) is 2.25. The number of carbonyl (C=O) groups excluding carboxylic acids is 2. The van der Waals surface area contributed by atoms with Crippen LogP contribution < -0.4 is 5.32 Å². The number of hydrogen-bond donors (Lipinski definition) is 1. The van der Waals surface area contributed by atoms with E-state index in [0.717, 1.165) is 17.7 Å². The fraction of sp³-hybridized carbons (Fsp3) is 0.667. The van der Waals surface area contributed by atoms with E-state index in [1.54, 1.807) is 11.3 Å². The zero-order valence-corrected chi connectivity index (χ0v) is 14.4. The van der Waals surface area contributed by atoms with Crippen molar-refractivity contribution in [3.05, 3.63) is 21.4 Å². The standard InChI is InChI=1S/C18H27NO2S/c1-2-3-4-5-6-7-8-9-10-11-12-15-16-14(13-22-15)17(20)19-18(16)21/h13H,2-12H2,1H3,(H,19,20,21). The predicted molar refractivity (Wildman–Crippen MR) is 91.7 cm³/mol. The molecule has 0 radical (unpaired) electrons. The number of thiophene rings is 1. The summed E-state index contributed by atoms with van der Waals surface area (Å²) in [7, 11) is 0. The van der Waals surface area contributed by atoms with Crippen molar-refractivity contribution in [3.63, 3.8) is 0 Å². The average molecular weight is 321 g/mol. The molecule has 22 heavy (non-hydrogen) atoms. The van der Waals surface area contributed by atoms with Gasteiger partial charge in [-0.1, -0.05) is 64.7 Å². The molecule has 0 fully saturated rings. The molecular formula is C18H27NO2S. The maximum atomic E-state index is 11.7. The first-order valence-corrected chi connectivity index (χ1v) is 9.58. The highest BCUT2D eigenvalue weighted by atomic mass is 32.1. The summed E-state index contributed by atoms with van der Waals surface area (Å²) in [6.07, 6.45) is 14.1. The van der Waals surface area contributed by atoms with Gasteiger partial charge in [0, 0.05) is 10.3 Å². The van der Waals surface area contributed by atoms with Gasteiger partial charge in [0.25, 0.3) is 11.8 Å². The van der Waals surface area contributed by atoms with E-state index in [1.807, 2.05) is 5.38 Å². The third kappa shape index (κ3) is 4.67. The number of rotatable bonds is 11. The number of carbonyl (C=O) groups is 2. The first kappa shape index (κ1) is 17.2. The van der Waals surface area contributed by atoms with E-state index in [9.17, 15) is 9.59 Å². The van der Waals surface area contributed by atoms with E-state index < -0.39 is 0 Å². The molecule has 0 spiro atoms. The number of fused-ring (bicyclic) bond motifs is 1. The molecule has 2 amide bonds. The Morgan fingerprint density at radius 2 is 1.45 bits per heavy atom. The van der Waals surface area contributed by atoms with E-state index in [0.29, 0.717) is 11.1 Å². The minimum Gasteiger partial charge on any atom is -0.288 e. The zero-order valence-electron chi connectivity index (χ0n) is 13.6. The van der Waals surface area contributed by atoms with Crippen molar-refractivity contribution in [1.82, 2.24) is 5.32 Å². The number of imide groups is 1. The molecule has 2 heterocycles. The highest BCUT2D eigenvalue weighted by Gasteiger charge is 2.30. The Labute approximate surface area is 137 Å². The predicted octanol–water partition coefficient (Wildman–Crippen LogP) is 5.10. The Morgan fingerprint density at radius 3 is 2.09 bits per heavy atom. The van der Waals surface area contributed by atoms with E-state index in [1.165, 1.54) is 57.8 Å². The molecule has 0 aliphatic carbocycles. The van der Waals surface area contributed by atoms with Gasteiger partial charge in [-0.25, -0.2) is 0 Å². The quantitative estimate of drug-likeness (QED) is 0.455. The molecule has 0 unspecified atom stereocenters. The molecule has 4 heteroatoms. The third-order valence-electron chi connectivity index (χ3n) is 4.32. The Balaban J connectivity index is 1.56. The van der Waals surface area contributed by atoms with Crippen LogP contribution in [0.2, 0.25) is 0 Å². The van der Waals surface area contributed by atoms with Crippen LogP contribution in [0.4, 0.5) is 0 Å². The number of amides is 2. The van der Waals surface area contributed by atoms with E-state index in [4.69, 9.17) is 0 Å². The minimum atomic E-state index is -0.231. The van der Waals surface area contributed by atoms with E-state index >= 15 is 0 Å². The summed E-state index contributed by atoms with van der Waals surface area (Å²) in [6, 6.07) is 0. The molecule has 0 saturated heterocycles. The number of unbranched alkanes of at least 4 members (excludes halogenated alkanes) is 9. The Hall–Kier alpha value is -1.16. The van der Waals surface area contributed by atoms with Crippen molar-refractivity contribution in [2.75, 3.05) is 0 Å². The summed E-state index contributed by atoms with van der Waals surface area (Å²) < 4.78 is 0. The summed E-state index contributed by atoms with van der Waals surface area (Å²) in [5, 5.41) is 4.19. The van der Waals surface area contributed by atoms with Gasteiger partial charge in [-0.05, 0) is 12.8 Å². The smallest absolute Gasteiger partial charge is 0.260 e. The van der Waals surface area contributed by atoms with Crippen LogP contribution in [0.25, 0.3) is 0 Å². The van der Waals surface area contributed by atoms with Crippen molar-refractivity contribution >= 4 is 23.2 Å². The second-order valence-corrected chi connectivity index (χ2v) is 7.13. The molecular weight excluding hydrogens is 294 g/mol. The average Bonchev–Trinajstić information content (AvgIpc) is 3.04. The third-order valence-corrected chi connectivity index (χ3v) is 5.37. The molecule has 1 aliphatic rings. The van der Waals surface area contributed by atoms with Gasteiger partial charge in [0.2, 0.25) is 0 Å². The number of hydrogen-bond acceptors (Lipinski definition) is 3. The molecule has 1 aromatic rings. The second kappa shape index (κ2) is 9.09. The molecule has 1 N–H and O–H groups in total. The lowest BCUT2D eigenvalue weighted by molar-refractivity contribution is 0.0879. The summed E-state index contributed by atoms with van der Waals surface area (Å²) >= 11 is 1.56. The van der Waals surface area contributed by atoms with Gasteiger partial charge in [-0.2, -0.15) is 0 Å². The van der Waals surface area contributed by atoms with Gasteiger partial charge >= 0.3 is 0 Å². The van der Waals surface area contributed by atoms with Crippen molar-refractivity contribution < 1.29 is 9.59 Å². The Bertz CT molecular complexity index is 507. The van der Waals surface area contributed by atoms with Crippen LogP contribution in [0.15, 0.2) is 5.38 Å². The van der Waals surface area contributed by atoms with Crippen LogP contribution in [0.3, 0.4) is 0 Å². The first-order chi connectivity index (χ1) is 10.7. The lowest BCUT2D eigenvalue weighted by Crippen LogP contribution is -2.20. The van der Waals surface area contributed by atoms with Gasteiger partial charge < -0.3 is 0 Å². The molecule has 2 rings (SSSR count). The van der Waals surface area contributed by atoms with Crippen molar-refractivity contribution in [1.29, 1.82) is 0 Å². The number of aryl methyl sites for hydroxylation is 1. The largest absolute Gasteiger partial charge is 0.288 e. The van der Waals surface area contributed by atoms with Crippen LogP contribution in [-0.2, 0) is 6.42 Å². The van der Waals surface area contributed by atoms with Crippen LogP contribution in [-0.4, -0.2) is 11.8 Å². The van der Waals surface area contributed by atoms with Gasteiger partial charge in [-0.3, -0.25) is 14.9 Å². The zero-order chi connectivity index (χ0) is 15.8. The SMILES string of the molecule is CCCCCCCCCCCCc1scc2c1C(=O)NC2=O. The van der Waals surface area contributed by atoms with Crippen molar-refractivity contribution in [2.24, 2.45) is 0 Å². The molecule has 122 valence electrons. The van der Waals surface area contributed by atoms with Crippen LogP contribution in [0.1, 0.15) is 96.7 Å². The van der Waals surface area contributed by atoms with E-state index in [-0.39, 0.29) is 11.8 Å². The topological polar surface area (TPSA) is 46.2 Å². The molecule has 0 bridgehead atoms. The normalized spacial score (nSPS) is 13.5. The minimum absolute atomic E-state index is 0.205. The van der Waals surface area contributed by atoms with Crippen LogP contribution in [0.5, 0.6) is 0 Å². The van der Waals surface area contributed by atoms with Crippen LogP contribution >= 0.6 is 11.3 Å². The van der Waals surface area contributed by atoms with Gasteiger partial charge in [0.15, 0.2) is 0 Å². The molecule has 0 aromatic carbocycles. The second-order valence-electron chi connectivity index (χ2n) is 6.16. The Kier molecular flexibility index (Phi) is 7.10. The Morgan fingerprint density at radius 1 is 0.864 bits per heavy atom. The molecule has 0 atom stereocenters. The van der Waals surface area contributed by atoms with Gasteiger partial charge in [0.1, 0.15) is 0 Å². The van der Waals surface area contributed by atoms with Gasteiger partial charge in [-0.15, -0.1) is 11.3 Å². The highest BCUT2D eigenvalue weighted by molar-refractivity contribution is 7.10. The summed E-state index contributed by atoms with van der Waals surface area (Å²) in [4.78, 5) is 24.3. The summed E-state index contributed by atoms with van der Waals surface area (Å²) in [5.74, 6) is -0.436. The fourth-order valence-corrected chi connectivity index (χ4v) is 4.07. The lowest BCUT2D eigenvalue weighted by Gasteiger charge is -2.02. The molecule has 1 aromatic heterocycles. The lowest BCUT2D eigenvalue weighted by atomic mass is 10.0. The maximum absolute atomic E-state index is 11.7. The summed E-state index contributed by atoms with van der Waals surface area (Å²) in [5.41, 5.74) is 1.23. The molecule has 1 aliphatic heterocycles. The first-order valence-electron chi connectivity index (χ1n) is 8.70. The molecule has 0 saturated carbocycles. The highest BCUT2D eigenvalue weighted by Crippen LogP contribution is 2.28. The van der Waals surface area contributed by atoms with Crippen LogP contribution in [0, 0.1) is 0 Å². The maximum Gasteiger partial charge on any atom is 0.260 e. The monoisotopic (exact) mass is 321 g/mol. The van der Waals surface area contributed by atoms with Gasteiger partial charge in [0.05, 0.1) is 11.1 Å². The fourth-order valence-electron chi connectivity index (χ4n) is 3.00. The van der Waals surface area contributed by atoms with Crippen molar-refractivity contribution in [3.8, 4) is 0 Å². The number of nitrogens with one attached hydrogen (secondary N) is 1. The molecule has 3 nitrogen and oxygen atoms in total.